The maximum Gasteiger partial charge on any atom is 0.149 e. The van der Waals surface area contributed by atoms with Gasteiger partial charge in [-0.25, -0.2) is 0 Å². The average Bonchev–Trinajstić information content (AvgIpc) is 2.03. The van der Waals surface area contributed by atoms with Gasteiger partial charge in [-0.1, -0.05) is 18.2 Å². The third-order valence-corrected chi connectivity index (χ3v) is 1.28. The first kappa shape index (κ1) is 8.80. The van der Waals surface area contributed by atoms with Crippen molar-refractivity contribution in [1.29, 1.82) is 0 Å². The molecule has 0 atom stereocenters. The topological polar surface area (TPSA) is 63.8 Å². The summed E-state index contributed by atoms with van der Waals surface area (Å²) in [5.74, 6) is 1.02. The molecule has 0 saturated carbocycles. The lowest BCUT2D eigenvalue weighted by molar-refractivity contribution is 1.03. The van der Waals surface area contributed by atoms with Crippen molar-refractivity contribution in [3.63, 3.8) is 0 Å². The maximum atomic E-state index is 5.53. The molecule has 1 rings (SSSR count). The molecule has 0 aromatic carbocycles. The fraction of sp³-hybridized carbons (Fsp3) is 0.143. The molecular weight excluding hydrogens is 176 g/mol. The van der Waals surface area contributed by atoms with Gasteiger partial charge in [0.25, 0.3) is 0 Å². The van der Waals surface area contributed by atoms with Crippen LogP contribution >= 0.6 is 11.6 Å². The molecule has 0 aliphatic carbocycles. The third-order valence-electron chi connectivity index (χ3n) is 1.15. The second-order valence-corrected chi connectivity index (χ2v) is 2.75. The van der Waals surface area contributed by atoms with Gasteiger partial charge in [0.05, 0.1) is 6.54 Å². The van der Waals surface area contributed by atoms with E-state index in [1.807, 2.05) is 0 Å². The van der Waals surface area contributed by atoms with Crippen LogP contribution in [0.1, 0.15) is 0 Å². The molecule has 1 aromatic heterocycles. The number of hydrogen-bond acceptors (Lipinski definition) is 4. The van der Waals surface area contributed by atoms with Crippen LogP contribution in [0, 0.1) is 0 Å². The average molecular weight is 185 g/mol. The number of hydrogen-bond donors (Lipinski definition) is 2. The van der Waals surface area contributed by atoms with Crippen molar-refractivity contribution in [1.82, 2.24) is 10.2 Å². The number of nitrogens with one attached hydrogen (secondary N) is 1. The zero-order valence-electron chi connectivity index (χ0n) is 6.42. The van der Waals surface area contributed by atoms with E-state index < -0.39 is 0 Å². The lowest BCUT2D eigenvalue weighted by Gasteiger charge is -2.01. The van der Waals surface area contributed by atoms with Crippen LogP contribution in [0.5, 0.6) is 0 Å². The smallest absolute Gasteiger partial charge is 0.149 e. The zero-order valence-corrected chi connectivity index (χ0v) is 7.17. The van der Waals surface area contributed by atoms with Crippen LogP contribution in [0.3, 0.4) is 0 Å². The van der Waals surface area contributed by atoms with Gasteiger partial charge in [-0.2, -0.15) is 0 Å². The zero-order chi connectivity index (χ0) is 8.97. The summed E-state index contributed by atoms with van der Waals surface area (Å²) in [5, 5.41) is 10.8. The van der Waals surface area contributed by atoms with Gasteiger partial charge in [0.2, 0.25) is 0 Å². The summed E-state index contributed by atoms with van der Waals surface area (Å²) in [7, 11) is 0. The van der Waals surface area contributed by atoms with Crippen molar-refractivity contribution < 1.29 is 0 Å². The van der Waals surface area contributed by atoms with Crippen molar-refractivity contribution in [2.75, 3.05) is 17.6 Å². The molecule has 0 saturated heterocycles. The van der Waals surface area contributed by atoms with Crippen LogP contribution in [-0.4, -0.2) is 16.7 Å². The Morgan fingerprint density at radius 2 is 2.33 bits per heavy atom. The first-order chi connectivity index (χ1) is 5.68. The largest absolute Gasteiger partial charge is 0.382 e. The highest BCUT2D eigenvalue weighted by Crippen LogP contribution is 2.04. The van der Waals surface area contributed by atoms with E-state index in [9.17, 15) is 0 Å². The number of rotatable bonds is 3. The number of aromatic nitrogens is 2. The van der Waals surface area contributed by atoms with Gasteiger partial charge in [-0.05, 0) is 12.1 Å². The van der Waals surface area contributed by atoms with E-state index in [-0.39, 0.29) is 0 Å². The second kappa shape index (κ2) is 3.92. The summed E-state index contributed by atoms with van der Waals surface area (Å²) >= 11 is 5.53. The Balaban J connectivity index is 2.53. The summed E-state index contributed by atoms with van der Waals surface area (Å²) in [6, 6.07) is 3.38. The summed E-state index contributed by atoms with van der Waals surface area (Å²) < 4.78 is 0. The van der Waals surface area contributed by atoms with Gasteiger partial charge in [0.15, 0.2) is 0 Å². The molecule has 0 aliphatic heterocycles. The summed E-state index contributed by atoms with van der Waals surface area (Å²) in [4.78, 5) is 0. The standard InChI is InChI=1S/C7H9ClN4/c1-5(8)4-10-7-3-2-6(9)11-12-7/h2-3H,1,4H2,(H2,9,11)(H,10,12). The molecule has 3 N–H and O–H groups in total. The quantitative estimate of drug-likeness (QED) is 0.742. The summed E-state index contributed by atoms with van der Waals surface area (Å²) in [5.41, 5.74) is 5.34. The minimum Gasteiger partial charge on any atom is -0.382 e. The molecule has 0 aliphatic rings. The highest BCUT2D eigenvalue weighted by molar-refractivity contribution is 6.29. The highest BCUT2D eigenvalue weighted by atomic mass is 35.5. The Morgan fingerprint density at radius 3 is 2.83 bits per heavy atom. The van der Waals surface area contributed by atoms with Crippen molar-refractivity contribution in [3.05, 3.63) is 23.7 Å². The maximum absolute atomic E-state index is 5.53. The molecular formula is C7H9ClN4. The molecule has 12 heavy (non-hydrogen) atoms. The van der Waals surface area contributed by atoms with Crippen LogP contribution in [-0.2, 0) is 0 Å². The Hall–Kier alpha value is -1.29. The summed E-state index contributed by atoms with van der Waals surface area (Å²) in [6.45, 7) is 3.99. The molecule has 64 valence electrons. The molecule has 1 aromatic rings. The van der Waals surface area contributed by atoms with Gasteiger partial charge in [0.1, 0.15) is 11.6 Å². The van der Waals surface area contributed by atoms with E-state index >= 15 is 0 Å². The van der Waals surface area contributed by atoms with E-state index in [1.165, 1.54) is 0 Å². The molecule has 1 heterocycles. The first-order valence-corrected chi connectivity index (χ1v) is 3.72. The van der Waals surface area contributed by atoms with Crippen LogP contribution in [0.25, 0.3) is 0 Å². The molecule has 5 heteroatoms. The fourth-order valence-corrected chi connectivity index (χ4v) is 0.690. The molecule has 4 nitrogen and oxygen atoms in total. The van der Waals surface area contributed by atoms with Crippen LogP contribution < -0.4 is 11.1 Å². The number of nitrogen functional groups attached to an aromatic ring is 1. The predicted octanol–water partition coefficient (Wildman–Crippen LogP) is 1.22. The molecule has 0 amide bonds. The highest BCUT2D eigenvalue weighted by Gasteiger charge is 1.93. The Kier molecular flexibility index (Phi) is 2.88. The van der Waals surface area contributed by atoms with E-state index in [0.717, 1.165) is 0 Å². The lowest BCUT2D eigenvalue weighted by Crippen LogP contribution is -2.04. The van der Waals surface area contributed by atoms with Gasteiger partial charge >= 0.3 is 0 Å². The van der Waals surface area contributed by atoms with Crippen LogP contribution in [0.2, 0.25) is 0 Å². The van der Waals surface area contributed by atoms with Crippen molar-refractivity contribution in [2.24, 2.45) is 0 Å². The Morgan fingerprint density at radius 1 is 1.58 bits per heavy atom. The van der Waals surface area contributed by atoms with E-state index in [4.69, 9.17) is 17.3 Å². The van der Waals surface area contributed by atoms with Crippen molar-refractivity contribution in [2.45, 2.75) is 0 Å². The SMILES string of the molecule is C=C(Cl)CNc1ccc(N)nn1. The van der Waals surface area contributed by atoms with Gasteiger partial charge in [-0.15, -0.1) is 10.2 Å². The molecule has 0 spiro atoms. The van der Waals surface area contributed by atoms with Gasteiger partial charge < -0.3 is 11.1 Å². The van der Waals surface area contributed by atoms with Gasteiger partial charge in [0, 0.05) is 5.03 Å². The van der Waals surface area contributed by atoms with Gasteiger partial charge in [-0.3, -0.25) is 0 Å². The number of nitrogens with two attached hydrogens (primary N) is 1. The minimum absolute atomic E-state index is 0.394. The number of halogens is 1. The van der Waals surface area contributed by atoms with E-state index in [0.29, 0.717) is 23.2 Å². The van der Waals surface area contributed by atoms with E-state index in [2.05, 4.69) is 22.1 Å². The monoisotopic (exact) mass is 184 g/mol. The molecule has 0 fully saturated rings. The number of anilines is 2. The Bertz CT molecular complexity index is 269. The Labute approximate surface area is 75.4 Å². The third kappa shape index (κ3) is 2.75. The lowest BCUT2D eigenvalue weighted by atomic mass is 10.5. The predicted molar refractivity (Wildman–Crippen MR) is 49.9 cm³/mol. The number of nitrogens with zero attached hydrogens (tertiary/aromatic N) is 2. The van der Waals surface area contributed by atoms with Crippen molar-refractivity contribution >= 4 is 23.2 Å². The molecule has 0 bridgehead atoms. The molecule has 0 radical (unpaired) electrons. The minimum atomic E-state index is 0.394. The summed E-state index contributed by atoms with van der Waals surface area (Å²) in [6.07, 6.45) is 0. The normalized spacial score (nSPS) is 9.42. The first-order valence-electron chi connectivity index (χ1n) is 3.35. The van der Waals surface area contributed by atoms with Crippen molar-refractivity contribution in [3.8, 4) is 0 Å². The fourth-order valence-electron chi connectivity index (χ4n) is 0.623. The van der Waals surface area contributed by atoms with Crippen LogP contribution in [0.15, 0.2) is 23.7 Å². The van der Waals surface area contributed by atoms with E-state index in [1.54, 1.807) is 12.1 Å². The van der Waals surface area contributed by atoms with Crippen LogP contribution in [0.4, 0.5) is 11.6 Å². The second-order valence-electron chi connectivity index (χ2n) is 2.21. The molecule has 0 unspecified atom stereocenters.